The molecule has 0 amide bonds. The Morgan fingerprint density at radius 1 is 1.18 bits per heavy atom. The Kier molecular flexibility index (Phi) is 4.78. The molecular formula is C23H36N2O3. The van der Waals surface area contributed by atoms with Gasteiger partial charge >= 0.3 is 0 Å². The van der Waals surface area contributed by atoms with Gasteiger partial charge in [0.1, 0.15) is 11.6 Å². The summed E-state index contributed by atoms with van der Waals surface area (Å²) in [6, 6.07) is 0. The number of fused-ring (bicyclic) bond motifs is 5. The summed E-state index contributed by atoms with van der Waals surface area (Å²) in [5, 5.41) is 0. The molecule has 3 N–H and O–H groups in total. The molecule has 0 radical (unpaired) electrons. The van der Waals surface area contributed by atoms with Crippen LogP contribution in [0.15, 0.2) is 11.8 Å². The number of hydrogen-bond donors (Lipinski definition) is 2. The minimum absolute atomic E-state index is 0.0170. The predicted molar refractivity (Wildman–Crippen MR) is 108 cm³/mol. The molecule has 0 aliphatic heterocycles. The third kappa shape index (κ3) is 2.65. The zero-order valence-electron chi connectivity index (χ0n) is 17.8. The van der Waals surface area contributed by atoms with Gasteiger partial charge in [-0.15, -0.1) is 0 Å². The largest absolute Gasteiger partial charge is 0.328 e. The van der Waals surface area contributed by atoms with Crippen LogP contribution >= 0.6 is 0 Å². The highest BCUT2D eigenvalue weighted by Gasteiger charge is 2.64. The molecule has 0 spiro atoms. The number of carbonyl (C=O) groups excluding carboxylic acids is 2. The van der Waals surface area contributed by atoms with Gasteiger partial charge < -0.3 is 5.73 Å². The average Bonchev–Trinajstić information content (AvgIpc) is 2.92. The molecule has 156 valence electrons. The number of hydrogen-bond acceptors (Lipinski definition) is 5. The smallest absolute Gasteiger partial charge is 0.139 e. The van der Waals surface area contributed by atoms with Crippen molar-refractivity contribution in [1.29, 1.82) is 0 Å². The van der Waals surface area contributed by atoms with Crippen molar-refractivity contribution >= 4 is 11.6 Å². The van der Waals surface area contributed by atoms with Crippen molar-refractivity contribution in [3.05, 3.63) is 11.8 Å². The van der Waals surface area contributed by atoms with E-state index in [1.165, 1.54) is 0 Å². The van der Waals surface area contributed by atoms with Gasteiger partial charge in [-0.05, 0) is 48.9 Å². The Morgan fingerprint density at radius 2 is 1.93 bits per heavy atom. The lowest BCUT2D eigenvalue weighted by molar-refractivity contribution is -0.161. The first-order valence-electron chi connectivity index (χ1n) is 11.0. The van der Waals surface area contributed by atoms with Crippen molar-refractivity contribution in [2.75, 3.05) is 13.2 Å². The van der Waals surface area contributed by atoms with Crippen LogP contribution in [-0.2, 0) is 14.4 Å². The molecule has 0 bridgehead atoms. The topological polar surface area (TPSA) is 81.4 Å². The standard InChI is InChI=1S/C23H36N2O3/c1-21(2)18(25-28-12-11-24)8-10-23(4)16-7-9-22(3)15(5-6-19(22)27)14(16)13-17(26)20(21)23/h8,14-16,20,25H,5-7,9-13,24H2,1-4H3/t14-,15-,16-,20?,22-,23+/m0/s1. The third-order valence-corrected chi connectivity index (χ3v) is 8.98. The van der Waals surface area contributed by atoms with Gasteiger partial charge in [0.25, 0.3) is 0 Å². The van der Waals surface area contributed by atoms with Crippen LogP contribution in [0, 0.1) is 39.9 Å². The number of carbonyl (C=O) groups is 2. The molecule has 3 fully saturated rings. The van der Waals surface area contributed by atoms with E-state index in [1.807, 2.05) is 0 Å². The fourth-order valence-electron chi connectivity index (χ4n) is 7.69. The molecule has 6 atom stereocenters. The number of ketones is 2. The molecule has 0 aromatic carbocycles. The van der Waals surface area contributed by atoms with Gasteiger partial charge in [-0.3, -0.25) is 19.9 Å². The molecule has 3 saturated carbocycles. The Hall–Kier alpha value is -1.20. The number of nitrogens with two attached hydrogens (primary N) is 1. The zero-order valence-corrected chi connectivity index (χ0v) is 17.8. The van der Waals surface area contributed by atoms with Gasteiger partial charge in [0.15, 0.2) is 0 Å². The first-order chi connectivity index (χ1) is 13.2. The molecule has 5 nitrogen and oxygen atoms in total. The van der Waals surface area contributed by atoms with E-state index in [1.54, 1.807) is 0 Å². The predicted octanol–water partition coefficient (Wildman–Crippen LogP) is 3.39. The van der Waals surface area contributed by atoms with E-state index < -0.39 is 0 Å². The van der Waals surface area contributed by atoms with Gasteiger partial charge in [-0.2, -0.15) is 0 Å². The lowest BCUT2D eigenvalue weighted by Gasteiger charge is -2.61. The number of rotatable bonds is 4. The number of nitrogens with one attached hydrogen (secondary N) is 1. The number of allylic oxidation sites excluding steroid dienone is 2. The van der Waals surface area contributed by atoms with E-state index in [4.69, 9.17) is 10.6 Å². The van der Waals surface area contributed by atoms with Crippen molar-refractivity contribution in [1.82, 2.24) is 5.48 Å². The van der Waals surface area contributed by atoms with E-state index in [0.29, 0.717) is 55.3 Å². The Balaban J connectivity index is 1.66. The van der Waals surface area contributed by atoms with Crippen molar-refractivity contribution in [2.45, 2.75) is 66.2 Å². The molecule has 1 unspecified atom stereocenters. The molecule has 0 heterocycles. The van der Waals surface area contributed by atoms with Crippen molar-refractivity contribution < 1.29 is 14.4 Å². The molecule has 4 aliphatic carbocycles. The summed E-state index contributed by atoms with van der Waals surface area (Å²) in [4.78, 5) is 31.7. The lowest BCUT2D eigenvalue weighted by Crippen LogP contribution is -2.60. The quantitative estimate of drug-likeness (QED) is 0.570. The second-order valence-corrected chi connectivity index (χ2v) is 10.7. The highest BCUT2D eigenvalue weighted by atomic mass is 16.6. The first-order valence-corrected chi connectivity index (χ1v) is 11.0. The van der Waals surface area contributed by atoms with Crippen molar-refractivity contribution in [3.63, 3.8) is 0 Å². The van der Waals surface area contributed by atoms with Gasteiger partial charge in [-0.1, -0.05) is 33.8 Å². The van der Waals surface area contributed by atoms with Crippen molar-refractivity contribution in [2.24, 2.45) is 45.7 Å². The maximum Gasteiger partial charge on any atom is 0.139 e. The van der Waals surface area contributed by atoms with Crippen LogP contribution in [-0.4, -0.2) is 24.7 Å². The molecule has 4 rings (SSSR count). The Morgan fingerprint density at radius 3 is 2.64 bits per heavy atom. The maximum absolute atomic E-state index is 13.6. The van der Waals surface area contributed by atoms with Crippen LogP contribution in [0.1, 0.15) is 66.2 Å². The van der Waals surface area contributed by atoms with E-state index in [0.717, 1.165) is 31.4 Å². The van der Waals surface area contributed by atoms with Gasteiger partial charge in [-0.25, -0.2) is 0 Å². The SMILES string of the molecule is CC1(C)C(NOCCN)=CC[C@@]2(C)C1C(=O)C[C@@H]1[C@@H]2CC[C@]2(C)C(=O)CC[C@@H]12. The fraction of sp³-hybridized carbons (Fsp3) is 0.826. The Bertz CT molecular complexity index is 715. The van der Waals surface area contributed by atoms with Crippen LogP contribution in [0.5, 0.6) is 0 Å². The minimum atomic E-state index is -0.296. The van der Waals surface area contributed by atoms with Crippen LogP contribution in [0.25, 0.3) is 0 Å². The van der Waals surface area contributed by atoms with E-state index >= 15 is 0 Å². The summed E-state index contributed by atoms with van der Waals surface area (Å²) < 4.78 is 0. The number of Topliss-reactive ketones (excluding diaryl/α,β-unsaturated/α-hetero) is 2. The summed E-state index contributed by atoms with van der Waals surface area (Å²) in [6.07, 6.45) is 7.51. The normalized spacial score (nSPS) is 44.4. The van der Waals surface area contributed by atoms with Gasteiger partial charge in [0, 0.05) is 41.8 Å². The summed E-state index contributed by atoms with van der Waals surface area (Å²) in [5.41, 5.74) is 9.10. The molecule has 28 heavy (non-hydrogen) atoms. The van der Waals surface area contributed by atoms with Gasteiger partial charge in [0.05, 0.1) is 6.61 Å². The maximum atomic E-state index is 13.6. The molecular weight excluding hydrogens is 352 g/mol. The second kappa shape index (κ2) is 6.66. The molecule has 5 heteroatoms. The van der Waals surface area contributed by atoms with Gasteiger partial charge in [0.2, 0.25) is 0 Å². The van der Waals surface area contributed by atoms with Crippen LogP contribution in [0.3, 0.4) is 0 Å². The number of hydroxylamine groups is 1. The molecule has 4 aliphatic rings. The van der Waals surface area contributed by atoms with E-state index in [9.17, 15) is 9.59 Å². The minimum Gasteiger partial charge on any atom is -0.328 e. The Labute approximate surface area is 168 Å². The van der Waals surface area contributed by atoms with Crippen molar-refractivity contribution in [3.8, 4) is 0 Å². The van der Waals surface area contributed by atoms with Crippen LogP contribution < -0.4 is 11.2 Å². The fourth-order valence-corrected chi connectivity index (χ4v) is 7.69. The molecule has 0 aromatic heterocycles. The highest BCUT2D eigenvalue weighted by molar-refractivity contribution is 5.88. The second-order valence-electron chi connectivity index (χ2n) is 10.7. The zero-order chi connectivity index (χ0) is 20.3. The highest BCUT2D eigenvalue weighted by Crippen LogP contribution is 2.66. The lowest BCUT2D eigenvalue weighted by atomic mass is 9.42. The van der Waals surface area contributed by atoms with E-state index in [-0.39, 0.29) is 22.2 Å². The first kappa shape index (κ1) is 20.1. The van der Waals surface area contributed by atoms with Crippen LogP contribution in [0.4, 0.5) is 0 Å². The summed E-state index contributed by atoms with van der Waals surface area (Å²) in [5.74, 6) is 2.07. The van der Waals surface area contributed by atoms with E-state index in [2.05, 4.69) is 39.3 Å². The molecule has 0 aromatic rings. The molecule has 0 saturated heterocycles. The average molecular weight is 389 g/mol. The summed E-state index contributed by atoms with van der Waals surface area (Å²) >= 11 is 0. The third-order valence-electron chi connectivity index (χ3n) is 8.98. The monoisotopic (exact) mass is 388 g/mol. The van der Waals surface area contributed by atoms with Crippen LogP contribution in [0.2, 0.25) is 0 Å². The summed E-state index contributed by atoms with van der Waals surface area (Å²) in [7, 11) is 0. The summed E-state index contributed by atoms with van der Waals surface area (Å²) in [6.45, 7) is 9.75.